The van der Waals surface area contributed by atoms with Crippen LogP contribution in [0.3, 0.4) is 0 Å². The lowest BCUT2D eigenvalue weighted by atomic mass is 10.1. The van der Waals surface area contributed by atoms with Crippen molar-refractivity contribution >= 4 is 48.8 Å². The molecule has 5 heteroatoms. The summed E-state index contributed by atoms with van der Waals surface area (Å²) in [5.74, 6) is 0.234. The molecule has 0 bridgehead atoms. The average molecular weight is 347 g/mol. The molecule has 1 aromatic heterocycles. The first-order valence-corrected chi connectivity index (χ1v) is 7.62. The number of aliphatic imine (C=N–C) groups is 1. The second-order valence-electron chi connectivity index (χ2n) is 4.43. The van der Waals surface area contributed by atoms with Crippen molar-refractivity contribution < 1.29 is 5.11 Å². The van der Waals surface area contributed by atoms with Crippen molar-refractivity contribution in [1.29, 1.82) is 0 Å². The molecular formula is C15H11BrN2OS. The number of fused-ring (bicyclic) bond motifs is 1. The fraction of sp³-hybridized carbons (Fsp3) is 0.0667. The molecule has 1 N–H and O–H groups in total. The van der Waals surface area contributed by atoms with Gasteiger partial charge in [0.25, 0.3) is 0 Å². The van der Waals surface area contributed by atoms with Gasteiger partial charge in [0.05, 0.1) is 10.2 Å². The topological polar surface area (TPSA) is 45.5 Å². The lowest BCUT2D eigenvalue weighted by Gasteiger charge is -1.98. The number of phenols is 1. The van der Waals surface area contributed by atoms with Crippen LogP contribution in [0, 0.1) is 6.92 Å². The highest BCUT2D eigenvalue weighted by Gasteiger charge is 2.03. The zero-order valence-electron chi connectivity index (χ0n) is 10.7. The molecule has 100 valence electrons. The monoisotopic (exact) mass is 346 g/mol. The van der Waals surface area contributed by atoms with Crippen molar-refractivity contribution in [3.63, 3.8) is 0 Å². The van der Waals surface area contributed by atoms with Gasteiger partial charge in [-0.25, -0.2) is 9.98 Å². The fourth-order valence-corrected chi connectivity index (χ4v) is 3.19. The lowest BCUT2D eigenvalue weighted by molar-refractivity contribution is 0.474. The molecule has 0 amide bonds. The summed E-state index contributed by atoms with van der Waals surface area (Å²) in [4.78, 5) is 8.78. The minimum absolute atomic E-state index is 0.234. The van der Waals surface area contributed by atoms with Crippen LogP contribution in [-0.2, 0) is 0 Å². The van der Waals surface area contributed by atoms with Gasteiger partial charge in [0.1, 0.15) is 5.75 Å². The zero-order valence-corrected chi connectivity index (χ0v) is 13.1. The number of aryl methyl sites for hydroxylation is 1. The first-order chi connectivity index (χ1) is 9.61. The van der Waals surface area contributed by atoms with Crippen LogP contribution >= 0.6 is 27.3 Å². The fourth-order valence-electron chi connectivity index (χ4n) is 1.83. The molecule has 0 aliphatic heterocycles. The van der Waals surface area contributed by atoms with Crippen LogP contribution in [0.2, 0.25) is 0 Å². The van der Waals surface area contributed by atoms with Crippen molar-refractivity contribution in [2.75, 3.05) is 0 Å². The Bertz CT molecular complexity index is 811. The molecular weight excluding hydrogens is 336 g/mol. The van der Waals surface area contributed by atoms with E-state index in [1.54, 1.807) is 12.3 Å². The number of phenolic OH excluding ortho intramolecular Hbond substituents is 1. The highest BCUT2D eigenvalue weighted by molar-refractivity contribution is 9.10. The molecule has 0 saturated heterocycles. The van der Waals surface area contributed by atoms with Crippen molar-refractivity contribution in [3.05, 3.63) is 52.0 Å². The van der Waals surface area contributed by atoms with Gasteiger partial charge in [0.15, 0.2) is 0 Å². The Morgan fingerprint density at radius 2 is 2.10 bits per heavy atom. The number of benzene rings is 2. The molecule has 20 heavy (non-hydrogen) atoms. The largest absolute Gasteiger partial charge is 0.507 e. The number of hydrogen-bond donors (Lipinski definition) is 1. The van der Waals surface area contributed by atoms with Crippen LogP contribution in [0.25, 0.3) is 10.2 Å². The quantitative estimate of drug-likeness (QED) is 0.676. The second kappa shape index (κ2) is 5.34. The van der Waals surface area contributed by atoms with E-state index in [2.05, 4.69) is 25.9 Å². The van der Waals surface area contributed by atoms with Gasteiger partial charge < -0.3 is 5.11 Å². The maximum Gasteiger partial charge on any atom is 0.210 e. The van der Waals surface area contributed by atoms with Gasteiger partial charge in [-0.15, -0.1) is 0 Å². The first kappa shape index (κ1) is 13.3. The molecule has 0 aliphatic rings. The number of aromatic hydroxyl groups is 1. The minimum atomic E-state index is 0.234. The molecule has 0 spiro atoms. The molecule has 0 saturated carbocycles. The smallest absolute Gasteiger partial charge is 0.210 e. The predicted molar refractivity (Wildman–Crippen MR) is 87.4 cm³/mol. The number of rotatable bonds is 2. The average Bonchev–Trinajstić information content (AvgIpc) is 2.79. The van der Waals surface area contributed by atoms with Crippen LogP contribution in [0.5, 0.6) is 5.75 Å². The minimum Gasteiger partial charge on any atom is -0.507 e. The lowest BCUT2D eigenvalue weighted by Crippen LogP contribution is -1.82. The molecule has 3 nitrogen and oxygen atoms in total. The SMILES string of the molecule is Cc1ccc(/C=N/c2nc3ccc(Br)cc3s2)c(O)c1. The maximum absolute atomic E-state index is 9.83. The van der Waals surface area contributed by atoms with E-state index in [4.69, 9.17) is 0 Å². The number of aromatic nitrogens is 1. The van der Waals surface area contributed by atoms with E-state index in [9.17, 15) is 5.11 Å². The molecule has 3 aromatic rings. The number of thiazole rings is 1. The number of nitrogens with zero attached hydrogens (tertiary/aromatic N) is 2. The van der Waals surface area contributed by atoms with Gasteiger partial charge in [-0.05, 0) is 42.8 Å². The van der Waals surface area contributed by atoms with E-state index in [1.807, 2.05) is 37.3 Å². The molecule has 0 radical (unpaired) electrons. The highest BCUT2D eigenvalue weighted by Crippen LogP contribution is 2.30. The Labute approximate surface area is 128 Å². The Kier molecular flexibility index (Phi) is 3.54. The van der Waals surface area contributed by atoms with Crippen molar-refractivity contribution in [3.8, 4) is 5.75 Å². The van der Waals surface area contributed by atoms with E-state index in [0.29, 0.717) is 10.7 Å². The molecule has 3 rings (SSSR count). The third-order valence-electron chi connectivity index (χ3n) is 2.84. The van der Waals surface area contributed by atoms with Crippen molar-refractivity contribution in [1.82, 2.24) is 4.98 Å². The summed E-state index contributed by atoms with van der Waals surface area (Å²) in [5, 5.41) is 10.5. The Morgan fingerprint density at radius 3 is 2.90 bits per heavy atom. The molecule has 0 unspecified atom stereocenters. The molecule has 1 heterocycles. The number of hydrogen-bond acceptors (Lipinski definition) is 4. The summed E-state index contributed by atoms with van der Waals surface area (Å²) >= 11 is 4.96. The summed E-state index contributed by atoms with van der Waals surface area (Å²) in [7, 11) is 0. The Balaban J connectivity index is 1.94. The molecule has 0 atom stereocenters. The van der Waals surface area contributed by atoms with Crippen LogP contribution in [0.1, 0.15) is 11.1 Å². The third kappa shape index (κ3) is 2.73. The van der Waals surface area contributed by atoms with Crippen LogP contribution < -0.4 is 0 Å². The summed E-state index contributed by atoms with van der Waals surface area (Å²) in [5.41, 5.74) is 2.64. The summed E-state index contributed by atoms with van der Waals surface area (Å²) in [6.07, 6.45) is 1.64. The van der Waals surface area contributed by atoms with E-state index in [0.717, 1.165) is 20.3 Å². The molecule has 0 fully saturated rings. The van der Waals surface area contributed by atoms with Crippen LogP contribution in [0.15, 0.2) is 45.9 Å². The van der Waals surface area contributed by atoms with Gasteiger partial charge in [-0.3, -0.25) is 0 Å². The Hall–Kier alpha value is -1.72. The van der Waals surface area contributed by atoms with Gasteiger partial charge in [-0.2, -0.15) is 0 Å². The summed E-state index contributed by atoms with van der Waals surface area (Å²) < 4.78 is 2.11. The maximum atomic E-state index is 9.83. The van der Waals surface area contributed by atoms with E-state index < -0.39 is 0 Å². The predicted octanol–water partition coefficient (Wildman–Crippen LogP) is 4.82. The van der Waals surface area contributed by atoms with Gasteiger partial charge in [0.2, 0.25) is 5.13 Å². The normalized spacial score (nSPS) is 11.5. The molecule has 0 aliphatic carbocycles. The first-order valence-electron chi connectivity index (χ1n) is 6.01. The van der Waals surface area contributed by atoms with Gasteiger partial charge in [-0.1, -0.05) is 33.3 Å². The van der Waals surface area contributed by atoms with Gasteiger partial charge >= 0.3 is 0 Å². The number of halogens is 1. The van der Waals surface area contributed by atoms with Crippen molar-refractivity contribution in [2.45, 2.75) is 6.92 Å². The van der Waals surface area contributed by atoms with Crippen LogP contribution in [0.4, 0.5) is 5.13 Å². The zero-order chi connectivity index (χ0) is 14.1. The van der Waals surface area contributed by atoms with Gasteiger partial charge in [0, 0.05) is 16.3 Å². The van der Waals surface area contributed by atoms with Crippen LogP contribution in [-0.4, -0.2) is 16.3 Å². The highest BCUT2D eigenvalue weighted by atomic mass is 79.9. The molecule has 2 aromatic carbocycles. The summed E-state index contributed by atoms with van der Waals surface area (Å²) in [6.45, 7) is 1.94. The Morgan fingerprint density at radius 1 is 1.25 bits per heavy atom. The van der Waals surface area contributed by atoms with Crippen molar-refractivity contribution in [2.24, 2.45) is 4.99 Å². The van der Waals surface area contributed by atoms with E-state index >= 15 is 0 Å². The third-order valence-corrected chi connectivity index (χ3v) is 4.26. The van der Waals surface area contributed by atoms with E-state index in [-0.39, 0.29) is 5.75 Å². The standard InChI is InChI=1S/C15H11BrN2OS/c1-9-2-3-10(13(19)6-9)8-17-15-18-12-5-4-11(16)7-14(12)20-15/h2-8,19H,1H3/b17-8+. The summed E-state index contributed by atoms with van der Waals surface area (Å²) in [6, 6.07) is 11.4. The second-order valence-corrected chi connectivity index (χ2v) is 6.35. The van der Waals surface area contributed by atoms with E-state index in [1.165, 1.54) is 11.3 Å².